The fourth-order valence-corrected chi connectivity index (χ4v) is 3.63. The molecule has 0 amide bonds. The highest BCUT2D eigenvalue weighted by atomic mass is 32.2. The lowest BCUT2D eigenvalue weighted by atomic mass is 10.1. The molecule has 7 heteroatoms. The summed E-state index contributed by atoms with van der Waals surface area (Å²) in [6.07, 6.45) is 8.45. The van der Waals surface area contributed by atoms with E-state index in [1.807, 2.05) is 0 Å². The Hall–Kier alpha value is -1.24. The van der Waals surface area contributed by atoms with Crippen LogP contribution in [0.15, 0.2) is 0 Å². The second kappa shape index (κ2) is 14.0. The molecular weight excluding hydrogens is 344 g/mol. The maximum atomic E-state index is 12.1. The maximum Gasteiger partial charge on any atom is 0.310 e. The number of rotatable bonds is 2. The van der Waals surface area contributed by atoms with E-state index in [0.29, 0.717) is 24.7 Å². The van der Waals surface area contributed by atoms with E-state index in [2.05, 4.69) is 0 Å². The van der Waals surface area contributed by atoms with E-state index in [9.17, 15) is 14.4 Å². The van der Waals surface area contributed by atoms with E-state index in [1.165, 1.54) is 18.2 Å². The zero-order valence-electron chi connectivity index (χ0n) is 14.9. The Labute approximate surface area is 154 Å². The van der Waals surface area contributed by atoms with Gasteiger partial charge in [0.25, 0.3) is 0 Å². The number of aliphatic carboxylic acids is 1. The molecule has 0 saturated carbocycles. The molecule has 0 aromatic heterocycles. The molecular formula is C18H30O6S. The number of carbonyl (C=O) groups is 3. The molecule has 25 heavy (non-hydrogen) atoms. The summed E-state index contributed by atoms with van der Waals surface area (Å²) < 4.78 is 10.4. The highest BCUT2D eigenvalue weighted by Gasteiger charge is 2.23. The summed E-state index contributed by atoms with van der Waals surface area (Å²) in [7, 11) is 0. The maximum absolute atomic E-state index is 12.1. The summed E-state index contributed by atoms with van der Waals surface area (Å²) in [5.41, 5.74) is 0. The third-order valence-corrected chi connectivity index (χ3v) is 5.20. The largest absolute Gasteiger partial charge is 0.481 e. The van der Waals surface area contributed by atoms with E-state index in [1.54, 1.807) is 0 Å². The van der Waals surface area contributed by atoms with Gasteiger partial charge in [-0.1, -0.05) is 38.5 Å². The van der Waals surface area contributed by atoms with Gasteiger partial charge in [-0.15, -0.1) is 0 Å². The van der Waals surface area contributed by atoms with Crippen molar-refractivity contribution in [2.24, 2.45) is 5.92 Å². The van der Waals surface area contributed by atoms with Crippen LogP contribution in [0.4, 0.5) is 0 Å². The Morgan fingerprint density at radius 2 is 1.52 bits per heavy atom. The quantitative estimate of drug-likeness (QED) is 0.741. The molecule has 0 aromatic carbocycles. The summed E-state index contributed by atoms with van der Waals surface area (Å²) in [6.45, 7) is 0.823. The van der Waals surface area contributed by atoms with Crippen LogP contribution in [0.3, 0.4) is 0 Å². The first-order valence-corrected chi connectivity index (χ1v) is 10.4. The van der Waals surface area contributed by atoms with Crippen molar-refractivity contribution in [3.63, 3.8) is 0 Å². The van der Waals surface area contributed by atoms with Gasteiger partial charge < -0.3 is 14.6 Å². The predicted molar refractivity (Wildman–Crippen MR) is 96.5 cm³/mol. The van der Waals surface area contributed by atoms with Crippen LogP contribution in [-0.2, 0) is 23.9 Å². The van der Waals surface area contributed by atoms with Crippen molar-refractivity contribution in [1.29, 1.82) is 0 Å². The van der Waals surface area contributed by atoms with Gasteiger partial charge in [-0.25, -0.2) is 0 Å². The van der Waals surface area contributed by atoms with Crippen molar-refractivity contribution in [3.8, 4) is 0 Å². The number of carboxylic acids is 1. The lowest BCUT2D eigenvalue weighted by molar-refractivity contribution is -0.152. The Morgan fingerprint density at radius 3 is 2.12 bits per heavy atom. The second-order valence-electron chi connectivity index (χ2n) is 6.34. The van der Waals surface area contributed by atoms with Crippen LogP contribution in [-0.4, -0.2) is 47.7 Å². The Morgan fingerprint density at radius 1 is 0.960 bits per heavy atom. The van der Waals surface area contributed by atoms with Crippen LogP contribution < -0.4 is 0 Å². The fraction of sp³-hybridized carbons (Fsp3) is 0.833. The smallest absolute Gasteiger partial charge is 0.310 e. The van der Waals surface area contributed by atoms with Crippen molar-refractivity contribution in [1.82, 2.24) is 0 Å². The summed E-state index contributed by atoms with van der Waals surface area (Å²) in [4.78, 5) is 34.6. The normalized spacial score (nSPS) is 23.4. The lowest BCUT2D eigenvalue weighted by Gasteiger charge is -2.14. The molecule has 1 aliphatic rings. The summed E-state index contributed by atoms with van der Waals surface area (Å²) in [6, 6.07) is 0. The Kier molecular flexibility index (Phi) is 12.2. The van der Waals surface area contributed by atoms with Gasteiger partial charge in [0.15, 0.2) is 0 Å². The molecule has 1 saturated heterocycles. The number of carbonyl (C=O) groups excluding carboxylic acids is 2. The van der Waals surface area contributed by atoms with Gasteiger partial charge in [-0.05, 0) is 12.8 Å². The minimum Gasteiger partial charge on any atom is -0.481 e. The van der Waals surface area contributed by atoms with Gasteiger partial charge >= 0.3 is 17.9 Å². The molecule has 0 spiro atoms. The van der Waals surface area contributed by atoms with E-state index in [-0.39, 0.29) is 18.8 Å². The van der Waals surface area contributed by atoms with Crippen LogP contribution in [0, 0.1) is 5.92 Å². The summed E-state index contributed by atoms with van der Waals surface area (Å²) in [5, 5.41) is 8.96. The molecule has 0 bridgehead atoms. The van der Waals surface area contributed by atoms with Gasteiger partial charge in [0.2, 0.25) is 0 Å². The van der Waals surface area contributed by atoms with Gasteiger partial charge in [-0.3, -0.25) is 14.4 Å². The fourth-order valence-electron chi connectivity index (χ4n) is 2.62. The van der Waals surface area contributed by atoms with Gasteiger partial charge in [0.1, 0.15) is 0 Å². The number of ether oxygens (including phenoxy) is 2. The Balaban J connectivity index is 2.45. The predicted octanol–water partition coefficient (Wildman–Crippen LogP) is 3.42. The molecule has 1 unspecified atom stereocenters. The zero-order valence-corrected chi connectivity index (χ0v) is 15.7. The topological polar surface area (TPSA) is 89.9 Å². The number of esters is 2. The molecule has 144 valence electrons. The van der Waals surface area contributed by atoms with Gasteiger partial charge in [0.05, 0.1) is 32.0 Å². The standard InChI is InChI=1S/C18H30O6S/c19-16(20)13-15-14-25-12-9-17(21)23-10-7-5-3-1-2-4-6-8-11-24-18(15)22/h15H,1-14H2,(H,19,20). The molecule has 6 nitrogen and oxygen atoms in total. The number of hydrogen-bond donors (Lipinski definition) is 1. The van der Waals surface area contributed by atoms with Crippen LogP contribution in [0.1, 0.15) is 64.2 Å². The molecule has 1 atom stereocenters. The minimum absolute atomic E-state index is 0.234. The van der Waals surface area contributed by atoms with E-state index in [4.69, 9.17) is 14.6 Å². The van der Waals surface area contributed by atoms with Crippen LogP contribution >= 0.6 is 11.8 Å². The second-order valence-corrected chi connectivity index (χ2v) is 7.49. The number of thioether (sulfide) groups is 1. The van der Waals surface area contributed by atoms with Crippen molar-refractivity contribution in [2.75, 3.05) is 24.7 Å². The molecule has 0 aliphatic carbocycles. The van der Waals surface area contributed by atoms with Crippen LogP contribution in [0.25, 0.3) is 0 Å². The highest BCUT2D eigenvalue weighted by Crippen LogP contribution is 2.17. The van der Waals surface area contributed by atoms with Crippen LogP contribution in [0.5, 0.6) is 0 Å². The first kappa shape index (κ1) is 21.8. The van der Waals surface area contributed by atoms with Crippen molar-refractivity contribution in [3.05, 3.63) is 0 Å². The van der Waals surface area contributed by atoms with Crippen molar-refractivity contribution >= 4 is 29.7 Å². The average Bonchev–Trinajstić information content (AvgIpc) is 2.57. The highest BCUT2D eigenvalue weighted by molar-refractivity contribution is 7.99. The summed E-state index contributed by atoms with van der Waals surface area (Å²) >= 11 is 1.39. The molecule has 1 heterocycles. The third-order valence-electron chi connectivity index (χ3n) is 4.07. The number of carboxylic acid groups (broad SMARTS) is 1. The first-order chi connectivity index (χ1) is 12.1. The van der Waals surface area contributed by atoms with E-state index < -0.39 is 17.9 Å². The van der Waals surface area contributed by atoms with Crippen molar-refractivity contribution < 1.29 is 29.0 Å². The molecule has 1 aliphatic heterocycles. The van der Waals surface area contributed by atoms with E-state index in [0.717, 1.165) is 44.9 Å². The molecule has 1 N–H and O–H groups in total. The zero-order chi connectivity index (χ0) is 18.3. The Bertz CT molecular complexity index is 412. The molecule has 0 radical (unpaired) electrons. The monoisotopic (exact) mass is 374 g/mol. The van der Waals surface area contributed by atoms with E-state index >= 15 is 0 Å². The molecule has 0 aromatic rings. The van der Waals surface area contributed by atoms with Crippen LogP contribution in [0.2, 0.25) is 0 Å². The number of hydrogen-bond acceptors (Lipinski definition) is 6. The molecule has 1 fully saturated rings. The SMILES string of the molecule is O=C(O)CC1CSCCC(=O)OCCCCCCCCCCOC1=O. The minimum atomic E-state index is -1.01. The lowest BCUT2D eigenvalue weighted by Crippen LogP contribution is -2.24. The third kappa shape index (κ3) is 11.9. The van der Waals surface area contributed by atoms with Gasteiger partial charge in [0, 0.05) is 11.5 Å². The summed E-state index contributed by atoms with van der Waals surface area (Å²) in [5.74, 6) is -1.50. The number of cyclic esters (lactones) is 2. The average molecular weight is 374 g/mol. The van der Waals surface area contributed by atoms with Crippen molar-refractivity contribution in [2.45, 2.75) is 64.2 Å². The first-order valence-electron chi connectivity index (χ1n) is 9.21. The molecule has 1 rings (SSSR count). The van der Waals surface area contributed by atoms with Gasteiger partial charge in [-0.2, -0.15) is 11.8 Å².